The van der Waals surface area contributed by atoms with E-state index < -0.39 is 0 Å². The molecule has 1 fully saturated rings. The lowest BCUT2D eigenvalue weighted by atomic mass is 10.4. The summed E-state index contributed by atoms with van der Waals surface area (Å²) in [5.74, 6) is 0. The van der Waals surface area contributed by atoms with Gasteiger partial charge in [-0.2, -0.15) is 0 Å². The second-order valence-corrected chi connectivity index (χ2v) is 4.14. The number of methoxy groups -OCH3 is 1. The van der Waals surface area contributed by atoms with Crippen LogP contribution >= 0.6 is 0 Å². The molecule has 14 heavy (non-hydrogen) atoms. The Morgan fingerprint density at radius 1 is 1.07 bits per heavy atom. The van der Waals surface area contributed by atoms with Crippen molar-refractivity contribution in [3.8, 4) is 0 Å². The fraction of sp³-hybridized carbons (Fsp3) is 1.00. The molecule has 1 aliphatic rings. The summed E-state index contributed by atoms with van der Waals surface area (Å²) in [6, 6.07) is 0. The summed E-state index contributed by atoms with van der Waals surface area (Å²) in [5.41, 5.74) is 0. The molecule has 0 radical (unpaired) electrons. The van der Waals surface area contributed by atoms with Crippen molar-refractivity contribution in [3.05, 3.63) is 0 Å². The van der Waals surface area contributed by atoms with Crippen molar-refractivity contribution in [3.63, 3.8) is 0 Å². The Morgan fingerprint density at radius 3 is 2.36 bits per heavy atom. The summed E-state index contributed by atoms with van der Waals surface area (Å²) in [4.78, 5) is 0. The summed E-state index contributed by atoms with van der Waals surface area (Å²) in [5, 5.41) is 0. The van der Waals surface area contributed by atoms with Crippen LogP contribution in [-0.2, 0) is 9.47 Å². The van der Waals surface area contributed by atoms with Crippen LogP contribution in [0.3, 0.4) is 0 Å². The van der Waals surface area contributed by atoms with E-state index in [1.54, 1.807) is 7.11 Å². The molecule has 0 bridgehead atoms. The average Bonchev–Trinajstić information content (AvgIpc) is 2.67. The van der Waals surface area contributed by atoms with Gasteiger partial charge in [0.15, 0.2) is 0 Å². The predicted molar refractivity (Wildman–Crippen MR) is 57.3 cm³/mol. The predicted octanol–water partition coefficient (Wildman–Crippen LogP) is 1.28. The standard InChI is InChI=1S/C11H24NO2/c1-3-12(6-4-5-7-12)8-9-14-11-10-13-2/h3-11H2,1-2H3/q+1. The van der Waals surface area contributed by atoms with Gasteiger partial charge in [0, 0.05) is 20.0 Å². The van der Waals surface area contributed by atoms with E-state index >= 15 is 0 Å². The van der Waals surface area contributed by atoms with Gasteiger partial charge in [-0.3, -0.25) is 0 Å². The number of quaternary nitrogens is 1. The number of likely N-dealkylation sites (tertiary alicyclic amines) is 1. The number of likely N-dealkylation sites (N-methyl/N-ethyl adjacent to an activating group) is 1. The maximum atomic E-state index is 5.52. The molecule has 0 amide bonds. The topological polar surface area (TPSA) is 18.5 Å². The fourth-order valence-electron chi connectivity index (χ4n) is 2.21. The number of hydrogen-bond donors (Lipinski definition) is 0. The lowest BCUT2D eigenvalue weighted by Gasteiger charge is -2.32. The second kappa shape index (κ2) is 6.38. The van der Waals surface area contributed by atoms with Crippen LogP contribution < -0.4 is 0 Å². The molecule has 3 heteroatoms. The molecule has 0 aliphatic carbocycles. The molecule has 0 aromatic heterocycles. The largest absolute Gasteiger partial charge is 0.382 e. The van der Waals surface area contributed by atoms with Gasteiger partial charge in [-0.15, -0.1) is 0 Å². The van der Waals surface area contributed by atoms with E-state index in [1.165, 1.54) is 43.5 Å². The molecule has 0 atom stereocenters. The fourth-order valence-corrected chi connectivity index (χ4v) is 2.21. The van der Waals surface area contributed by atoms with Gasteiger partial charge in [-0.1, -0.05) is 0 Å². The third-order valence-electron chi connectivity index (χ3n) is 3.33. The molecule has 1 heterocycles. The third-order valence-corrected chi connectivity index (χ3v) is 3.33. The maximum absolute atomic E-state index is 5.52. The highest BCUT2D eigenvalue weighted by Crippen LogP contribution is 2.18. The Hall–Kier alpha value is -0.120. The van der Waals surface area contributed by atoms with E-state index in [1.807, 2.05) is 0 Å². The molecule has 0 aromatic carbocycles. The van der Waals surface area contributed by atoms with E-state index in [4.69, 9.17) is 9.47 Å². The van der Waals surface area contributed by atoms with Crippen LogP contribution in [0, 0.1) is 0 Å². The van der Waals surface area contributed by atoms with Crippen LogP contribution in [0.25, 0.3) is 0 Å². The van der Waals surface area contributed by atoms with Crippen LogP contribution in [0.2, 0.25) is 0 Å². The monoisotopic (exact) mass is 202 g/mol. The molecular weight excluding hydrogens is 178 g/mol. The zero-order valence-electron chi connectivity index (χ0n) is 9.63. The van der Waals surface area contributed by atoms with Crippen molar-refractivity contribution in [1.82, 2.24) is 0 Å². The summed E-state index contributed by atoms with van der Waals surface area (Å²) in [6.45, 7) is 9.77. The number of ether oxygens (including phenoxy) is 2. The van der Waals surface area contributed by atoms with Crippen molar-refractivity contribution >= 4 is 0 Å². The van der Waals surface area contributed by atoms with Crippen LogP contribution in [0.15, 0.2) is 0 Å². The van der Waals surface area contributed by atoms with Crippen LogP contribution in [0.5, 0.6) is 0 Å². The first-order valence-corrected chi connectivity index (χ1v) is 5.75. The third kappa shape index (κ3) is 3.56. The lowest BCUT2D eigenvalue weighted by Crippen LogP contribution is -2.47. The Bertz CT molecular complexity index is 144. The minimum absolute atomic E-state index is 0.714. The van der Waals surface area contributed by atoms with Gasteiger partial charge < -0.3 is 14.0 Å². The first-order valence-electron chi connectivity index (χ1n) is 5.75. The molecule has 0 saturated carbocycles. The lowest BCUT2D eigenvalue weighted by molar-refractivity contribution is -0.915. The SMILES string of the molecule is CC[N+]1(CCOCCOC)CCCC1. The molecule has 84 valence electrons. The Balaban J connectivity index is 2.08. The van der Waals surface area contributed by atoms with Gasteiger partial charge in [-0.25, -0.2) is 0 Å². The van der Waals surface area contributed by atoms with Gasteiger partial charge in [0.05, 0.1) is 39.5 Å². The first kappa shape index (κ1) is 12.0. The summed E-state index contributed by atoms with van der Waals surface area (Å²) in [6.07, 6.45) is 2.79. The molecule has 0 N–H and O–H groups in total. The number of hydrogen-bond acceptors (Lipinski definition) is 2. The summed E-state index contributed by atoms with van der Waals surface area (Å²) in [7, 11) is 1.71. The molecule has 0 aromatic rings. The van der Waals surface area contributed by atoms with Crippen molar-refractivity contribution in [2.24, 2.45) is 0 Å². The van der Waals surface area contributed by atoms with Gasteiger partial charge in [0.25, 0.3) is 0 Å². The summed E-state index contributed by atoms with van der Waals surface area (Å²) >= 11 is 0. The smallest absolute Gasteiger partial charge is 0.102 e. The van der Waals surface area contributed by atoms with E-state index in [0.717, 1.165) is 13.2 Å². The van der Waals surface area contributed by atoms with E-state index in [0.29, 0.717) is 6.61 Å². The molecular formula is C11H24NO2+. The average molecular weight is 202 g/mol. The molecule has 1 saturated heterocycles. The van der Waals surface area contributed by atoms with Gasteiger partial charge in [0.2, 0.25) is 0 Å². The van der Waals surface area contributed by atoms with E-state index in [9.17, 15) is 0 Å². The highest BCUT2D eigenvalue weighted by molar-refractivity contribution is 4.53. The van der Waals surface area contributed by atoms with Crippen molar-refractivity contribution in [2.45, 2.75) is 19.8 Å². The summed E-state index contributed by atoms with van der Waals surface area (Å²) < 4.78 is 11.7. The quantitative estimate of drug-likeness (QED) is 0.457. The first-order chi connectivity index (χ1) is 6.83. The van der Waals surface area contributed by atoms with Crippen molar-refractivity contribution in [2.75, 3.05) is 53.1 Å². The van der Waals surface area contributed by atoms with Crippen LogP contribution in [0.4, 0.5) is 0 Å². The number of rotatable bonds is 7. The Labute approximate surface area is 87.6 Å². The van der Waals surface area contributed by atoms with Crippen LogP contribution in [-0.4, -0.2) is 57.6 Å². The normalized spacial score (nSPS) is 20.1. The number of nitrogens with zero attached hydrogens (tertiary/aromatic N) is 1. The van der Waals surface area contributed by atoms with Crippen molar-refractivity contribution < 1.29 is 14.0 Å². The molecule has 3 nitrogen and oxygen atoms in total. The van der Waals surface area contributed by atoms with Gasteiger partial charge >= 0.3 is 0 Å². The maximum Gasteiger partial charge on any atom is 0.102 e. The Kier molecular flexibility index (Phi) is 5.45. The molecule has 0 spiro atoms. The highest BCUT2D eigenvalue weighted by Gasteiger charge is 2.29. The second-order valence-electron chi connectivity index (χ2n) is 4.14. The Morgan fingerprint density at radius 2 is 1.79 bits per heavy atom. The minimum atomic E-state index is 0.714. The van der Waals surface area contributed by atoms with E-state index in [2.05, 4.69) is 6.92 Å². The van der Waals surface area contributed by atoms with E-state index in [-0.39, 0.29) is 0 Å². The zero-order valence-corrected chi connectivity index (χ0v) is 9.63. The van der Waals surface area contributed by atoms with Gasteiger partial charge in [-0.05, 0) is 6.92 Å². The minimum Gasteiger partial charge on any atom is -0.382 e. The molecule has 1 rings (SSSR count). The van der Waals surface area contributed by atoms with Crippen molar-refractivity contribution in [1.29, 1.82) is 0 Å². The zero-order chi connectivity index (χ0) is 10.3. The molecule has 1 aliphatic heterocycles. The molecule has 0 unspecified atom stereocenters. The van der Waals surface area contributed by atoms with Gasteiger partial charge in [0.1, 0.15) is 6.54 Å². The highest BCUT2D eigenvalue weighted by atomic mass is 16.5. The van der Waals surface area contributed by atoms with Crippen LogP contribution in [0.1, 0.15) is 19.8 Å².